The number of carboxylic acid groups (broad SMARTS) is 1. The number of pyridine rings is 1. The number of ether oxygens (including phenoxy) is 4. The van der Waals surface area contributed by atoms with Gasteiger partial charge < -0.3 is 39.2 Å². The molecule has 1 aliphatic rings. The molecule has 1 aromatic heterocycles. The molecular formula is C44H54ClN3O11S. The lowest BCUT2D eigenvalue weighted by Crippen LogP contribution is -2.52. The molecule has 1 saturated heterocycles. The molecule has 0 aliphatic carbocycles. The highest BCUT2D eigenvalue weighted by Crippen LogP contribution is 2.37. The monoisotopic (exact) mass is 867 g/mol. The fourth-order valence-corrected chi connectivity index (χ4v) is 7.83. The molecule has 5 rings (SSSR count). The Morgan fingerprint density at radius 3 is 2.35 bits per heavy atom. The number of esters is 1. The molecule has 14 nitrogen and oxygen atoms in total. The van der Waals surface area contributed by atoms with Gasteiger partial charge in [-0.3, -0.25) is 19.9 Å². The number of carboxylic acids is 1. The number of sulfone groups is 1. The van der Waals surface area contributed by atoms with Crippen molar-refractivity contribution in [3.63, 3.8) is 0 Å². The fraction of sp³-hybridized carbons (Fsp3) is 0.432. The molecule has 1 unspecified atom stereocenters. The second kappa shape index (κ2) is 20.2. The van der Waals surface area contributed by atoms with Gasteiger partial charge in [0.1, 0.15) is 41.4 Å². The topological polar surface area (TPSA) is 194 Å². The second-order valence-electron chi connectivity index (χ2n) is 15.3. The van der Waals surface area contributed by atoms with E-state index in [0.717, 1.165) is 52.8 Å². The van der Waals surface area contributed by atoms with Crippen LogP contribution in [0.3, 0.4) is 0 Å². The Hall–Kier alpha value is -4.77. The van der Waals surface area contributed by atoms with Crippen LogP contribution >= 0.6 is 11.6 Å². The quantitative estimate of drug-likeness (QED) is 0.0604. The Morgan fingerprint density at radius 2 is 1.67 bits per heavy atom. The molecule has 4 aromatic rings. The molecule has 4 N–H and O–H groups in total. The maximum atomic E-state index is 12.5. The number of hydrogen-bond donors (Lipinski definition) is 4. The van der Waals surface area contributed by atoms with Gasteiger partial charge in [-0.2, -0.15) is 0 Å². The summed E-state index contributed by atoms with van der Waals surface area (Å²) in [6.07, 6.45) is 5.13. The predicted octanol–water partition coefficient (Wildman–Crippen LogP) is 5.52. The minimum Gasteiger partial charge on any atom is -0.493 e. The van der Waals surface area contributed by atoms with E-state index >= 15 is 0 Å². The number of aliphatic hydroxyl groups excluding tert-OH is 2. The maximum Gasteiger partial charge on any atom is 0.326 e. The zero-order valence-corrected chi connectivity index (χ0v) is 36.2. The van der Waals surface area contributed by atoms with Crippen molar-refractivity contribution in [1.82, 2.24) is 15.2 Å². The van der Waals surface area contributed by atoms with Crippen molar-refractivity contribution in [2.75, 3.05) is 52.3 Å². The van der Waals surface area contributed by atoms with Crippen molar-refractivity contribution in [3.05, 3.63) is 99.8 Å². The standard InChI is InChI=1S/C44H54ClN3O11S/c1-6-56-42(53)44(28-50)14-16-48(26-44)15-9-17-57-38-13-8-12-36(30(38)3)35-11-7-10-32(29(35)2)25-59-40-20-39(58-24-31-18-34(23-46-21-31)60(5,54)55)33(19-37(40)45)22-47-43(4,27-49)41(51)52/h7-8,10-13,18-21,23,47,49-50H,6,9,14-17,22,24-28H2,1-5H3,(H,51,52)/t43-,44?/m0/s1. The number of carbonyl (C=O) groups is 2. The van der Waals surface area contributed by atoms with Crippen LogP contribution in [0.1, 0.15) is 54.5 Å². The van der Waals surface area contributed by atoms with Crippen LogP contribution in [0.2, 0.25) is 5.02 Å². The summed E-state index contributed by atoms with van der Waals surface area (Å²) in [5.41, 5.74) is 3.33. The number of halogens is 1. The van der Waals surface area contributed by atoms with Gasteiger partial charge in [0, 0.05) is 55.5 Å². The largest absolute Gasteiger partial charge is 0.493 e. The molecule has 60 heavy (non-hydrogen) atoms. The number of carbonyl (C=O) groups excluding carboxylic acids is 1. The smallest absolute Gasteiger partial charge is 0.326 e. The Balaban J connectivity index is 1.29. The summed E-state index contributed by atoms with van der Waals surface area (Å²) in [5.74, 6) is -0.222. The third kappa shape index (κ3) is 11.1. The van der Waals surface area contributed by atoms with Gasteiger partial charge in [-0.1, -0.05) is 41.9 Å². The lowest BCUT2D eigenvalue weighted by Gasteiger charge is -2.25. The van der Waals surface area contributed by atoms with Crippen molar-refractivity contribution >= 4 is 33.4 Å². The van der Waals surface area contributed by atoms with Crippen LogP contribution in [0.4, 0.5) is 0 Å². The van der Waals surface area contributed by atoms with Crippen molar-refractivity contribution in [2.45, 2.75) is 70.7 Å². The lowest BCUT2D eigenvalue weighted by molar-refractivity contribution is -0.157. The van der Waals surface area contributed by atoms with Crippen LogP contribution in [0, 0.1) is 19.3 Å². The lowest BCUT2D eigenvalue weighted by atomic mass is 9.88. The van der Waals surface area contributed by atoms with Crippen molar-refractivity contribution < 1.29 is 52.3 Å². The summed E-state index contributed by atoms with van der Waals surface area (Å²) in [6, 6.07) is 16.6. The number of nitrogens with one attached hydrogen (secondary N) is 1. The Morgan fingerprint density at radius 1 is 0.950 bits per heavy atom. The molecule has 1 fully saturated rings. The molecule has 0 saturated carbocycles. The fourth-order valence-electron chi connectivity index (χ4n) is 6.97. The molecule has 1 aliphatic heterocycles. The summed E-state index contributed by atoms with van der Waals surface area (Å²) >= 11 is 6.74. The number of aliphatic hydroxyl groups is 2. The Bertz CT molecular complexity index is 2270. The normalized spacial score (nSPS) is 16.6. The van der Waals surface area contributed by atoms with Crippen molar-refractivity contribution in [3.8, 4) is 28.4 Å². The minimum atomic E-state index is -3.51. The van der Waals surface area contributed by atoms with Crippen molar-refractivity contribution in [1.29, 1.82) is 0 Å². The maximum absolute atomic E-state index is 12.5. The van der Waals surface area contributed by atoms with E-state index in [4.69, 9.17) is 30.5 Å². The molecule has 324 valence electrons. The Kier molecular flexibility index (Phi) is 15.6. The first-order chi connectivity index (χ1) is 28.5. The van der Waals surface area contributed by atoms with E-state index in [-0.39, 0.29) is 48.9 Å². The number of likely N-dealkylation sites (tertiary alicyclic amines) is 1. The third-order valence-electron chi connectivity index (χ3n) is 10.9. The van der Waals surface area contributed by atoms with Crippen molar-refractivity contribution in [2.24, 2.45) is 5.41 Å². The van der Waals surface area contributed by atoms with E-state index in [9.17, 15) is 33.3 Å². The SMILES string of the molecule is CCOC(=O)C1(CO)CCN(CCCOc2cccc(-c3cccc(COc4cc(OCc5cncc(S(C)(=O)=O)c5)c(CN[C@@](C)(CO)C(=O)O)cc4Cl)c3C)c2C)C1. The summed E-state index contributed by atoms with van der Waals surface area (Å²) in [7, 11) is -3.51. The highest BCUT2D eigenvalue weighted by atomic mass is 35.5. The van der Waals surface area contributed by atoms with Gasteiger partial charge >= 0.3 is 11.9 Å². The van der Waals surface area contributed by atoms with Crippen LogP contribution in [-0.4, -0.2) is 103 Å². The zero-order chi connectivity index (χ0) is 43.7. The first-order valence-electron chi connectivity index (χ1n) is 19.7. The van der Waals surface area contributed by atoms with Gasteiger partial charge in [-0.25, -0.2) is 8.42 Å². The molecule has 0 amide bonds. The summed E-state index contributed by atoms with van der Waals surface area (Å²) in [5, 5.41) is 32.5. The van der Waals surface area contributed by atoms with E-state index in [1.54, 1.807) is 19.1 Å². The van der Waals surface area contributed by atoms with Crippen LogP contribution in [0.15, 0.2) is 71.9 Å². The summed E-state index contributed by atoms with van der Waals surface area (Å²) < 4.78 is 48.2. The summed E-state index contributed by atoms with van der Waals surface area (Å²) in [4.78, 5) is 30.6. The van der Waals surface area contributed by atoms with Crippen LogP contribution in [-0.2, 0) is 43.9 Å². The number of benzene rings is 3. The average Bonchev–Trinajstić information content (AvgIpc) is 3.66. The number of aromatic nitrogens is 1. The average molecular weight is 868 g/mol. The van der Waals surface area contributed by atoms with E-state index < -0.39 is 33.4 Å². The highest BCUT2D eigenvalue weighted by Gasteiger charge is 2.45. The first kappa shape index (κ1) is 46.3. The molecule has 2 atom stereocenters. The second-order valence-corrected chi connectivity index (χ2v) is 17.7. The van der Waals surface area contributed by atoms with Gasteiger partial charge in [0.15, 0.2) is 9.84 Å². The zero-order valence-electron chi connectivity index (χ0n) is 34.6. The molecular weight excluding hydrogens is 814 g/mol. The summed E-state index contributed by atoms with van der Waals surface area (Å²) in [6.45, 7) is 8.96. The van der Waals surface area contributed by atoms with Crippen LogP contribution in [0.5, 0.6) is 17.2 Å². The third-order valence-corrected chi connectivity index (χ3v) is 12.3. The van der Waals surface area contributed by atoms with Gasteiger partial charge in [0.2, 0.25) is 0 Å². The first-order valence-corrected chi connectivity index (χ1v) is 21.9. The molecule has 0 spiro atoms. The van der Waals surface area contributed by atoms with Crippen LogP contribution < -0.4 is 19.5 Å². The number of rotatable bonds is 21. The van der Waals surface area contributed by atoms with Gasteiger partial charge in [0.05, 0.1) is 36.3 Å². The van der Waals surface area contributed by atoms with Gasteiger partial charge in [-0.15, -0.1) is 0 Å². The molecule has 2 heterocycles. The Labute approximate surface area is 356 Å². The van der Waals surface area contributed by atoms with Gasteiger partial charge in [0.25, 0.3) is 0 Å². The number of aliphatic carboxylic acids is 1. The molecule has 3 aromatic carbocycles. The van der Waals surface area contributed by atoms with Gasteiger partial charge in [-0.05, 0) is 93.1 Å². The number of hydrogen-bond acceptors (Lipinski definition) is 13. The molecule has 16 heteroatoms. The number of nitrogens with zero attached hydrogens (tertiary/aromatic N) is 2. The minimum absolute atomic E-state index is 0.0373. The van der Waals surface area contributed by atoms with E-state index in [0.29, 0.717) is 48.7 Å². The predicted molar refractivity (Wildman–Crippen MR) is 226 cm³/mol. The van der Waals surface area contributed by atoms with E-state index in [1.165, 1.54) is 25.4 Å². The molecule has 0 radical (unpaired) electrons. The highest BCUT2D eigenvalue weighted by molar-refractivity contribution is 7.90. The van der Waals surface area contributed by atoms with E-state index in [1.807, 2.05) is 50.2 Å². The molecule has 0 bridgehead atoms. The van der Waals surface area contributed by atoms with Crippen LogP contribution in [0.25, 0.3) is 11.1 Å². The van der Waals surface area contributed by atoms with E-state index in [2.05, 4.69) is 15.2 Å².